The lowest BCUT2D eigenvalue weighted by Crippen LogP contribution is -2.46. The maximum atomic E-state index is 11.7. The van der Waals surface area contributed by atoms with Crippen molar-refractivity contribution in [2.75, 3.05) is 39.3 Å². The molecule has 1 heterocycles. The number of Topliss-reactive ketones (excluding diaryl/α,β-unsaturated/α-hetero) is 1. The molecule has 146 valence electrons. The topological polar surface area (TPSA) is 35.6 Å². The van der Waals surface area contributed by atoms with E-state index in [1.165, 1.54) is 11.1 Å². The lowest BCUT2D eigenvalue weighted by molar-refractivity contribution is -0.122. The SMILES string of the molecule is CCNCc1ccc(CN2CCN(CCCCC(=O)C(C)C)CC2)cc1. The highest BCUT2D eigenvalue weighted by atomic mass is 16.1. The Labute approximate surface area is 159 Å². The summed E-state index contributed by atoms with van der Waals surface area (Å²) in [4.78, 5) is 16.8. The molecule has 4 heteroatoms. The Morgan fingerprint density at radius 2 is 1.62 bits per heavy atom. The fraction of sp³-hybridized carbons (Fsp3) is 0.682. The highest BCUT2D eigenvalue weighted by Crippen LogP contribution is 2.11. The van der Waals surface area contributed by atoms with Gasteiger partial charge in [-0.1, -0.05) is 45.0 Å². The van der Waals surface area contributed by atoms with Gasteiger partial charge >= 0.3 is 0 Å². The molecule has 1 aromatic rings. The molecule has 0 radical (unpaired) electrons. The molecule has 4 nitrogen and oxygen atoms in total. The normalized spacial score (nSPS) is 16.3. The predicted octanol–water partition coefficient (Wildman–Crippen LogP) is 3.31. The van der Waals surface area contributed by atoms with Crippen LogP contribution < -0.4 is 5.32 Å². The van der Waals surface area contributed by atoms with Gasteiger partial charge in [0.05, 0.1) is 0 Å². The molecule has 0 amide bonds. The molecule has 0 unspecified atom stereocenters. The number of rotatable bonds is 11. The second kappa shape index (κ2) is 11.5. The molecular weight excluding hydrogens is 322 g/mol. The first-order valence-electron chi connectivity index (χ1n) is 10.3. The number of nitrogens with one attached hydrogen (secondary N) is 1. The molecular formula is C22H37N3O. The fourth-order valence-corrected chi connectivity index (χ4v) is 3.38. The third-order valence-electron chi connectivity index (χ3n) is 5.26. The zero-order valence-electron chi connectivity index (χ0n) is 17.0. The molecule has 0 saturated carbocycles. The van der Waals surface area contributed by atoms with Crippen LogP contribution in [0.2, 0.25) is 0 Å². The summed E-state index contributed by atoms with van der Waals surface area (Å²) in [6.45, 7) is 14.9. The summed E-state index contributed by atoms with van der Waals surface area (Å²) in [7, 11) is 0. The highest BCUT2D eigenvalue weighted by molar-refractivity contribution is 5.80. The van der Waals surface area contributed by atoms with E-state index < -0.39 is 0 Å². The Kier molecular flexibility index (Phi) is 9.30. The van der Waals surface area contributed by atoms with E-state index in [1.807, 2.05) is 13.8 Å². The molecule has 0 spiro atoms. The minimum atomic E-state index is 0.190. The number of ketones is 1. The van der Waals surface area contributed by atoms with Gasteiger partial charge < -0.3 is 10.2 Å². The Hall–Kier alpha value is -1.23. The summed E-state index contributed by atoms with van der Waals surface area (Å²) in [6.07, 6.45) is 2.93. The predicted molar refractivity (Wildman–Crippen MR) is 109 cm³/mol. The van der Waals surface area contributed by atoms with Crippen LogP contribution in [0.15, 0.2) is 24.3 Å². The van der Waals surface area contributed by atoms with Crippen LogP contribution in [0.5, 0.6) is 0 Å². The second-order valence-corrected chi connectivity index (χ2v) is 7.79. The Bertz CT molecular complexity index is 519. The average Bonchev–Trinajstić information content (AvgIpc) is 2.65. The van der Waals surface area contributed by atoms with E-state index in [0.717, 1.165) is 71.6 Å². The van der Waals surface area contributed by atoms with Crippen LogP contribution in [-0.4, -0.2) is 54.9 Å². The molecule has 1 saturated heterocycles. The number of hydrogen-bond donors (Lipinski definition) is 1. The maximum absolute atomic E-state index is 11.7. The molecule has 1 aromatic carbocycles. The minimum absolute atomic E-state index is 0.190. The molecule has 26 heavy (non-hydrogen) atoms. The van der Waals surface area contributed by atoms with E-state index in [9.17, 15) is 4.79 Å². The van der Waals surface area contributed by atoms with Crippen molar-refractivity contribution < 1.29 is 4.79 Å². The Morgan fingerprint density at radius 1 is 1.00 bits per heavy atom. The van der Waals surface area contributed by atoms with Gasteiger partial charge in [0, 0.05) is 51.6 Å². The smallest absolute Gasteiger partial charge is 0.135 e. The van der Waals surface area contributed by atoms with Crippen molar-refractivity contribution in [2.24, 2.45) is 5.92 Å². The van der Waals surface area contributed by atoms with Gasteiger partial charge in [0.2, 0.25) is 0 Å². The van der Waals surface area contributed by atoms with Crippen molar-refractivity contribution in [3.63, 3.8) is 0 Å². The van der Waals surface area contributed by atoms with E-state index in [0.29, 0.717) is 5.78 Å². The minimum Gasteiger partial charge on any atom is -0.313 e. The van der Waals surface area contributed by atoms with Gasteiger partial charge in [-0.25, -0.2) is 0 Å². The molecule has 0 bridgehead atoms. The summed E-state index contributed by atoms with van der Waals surface area (Å²) in [5.41, 5.74) is 2.77. The fourth-order valence-electron chi connectivity index (χ4n) is 3.38. The molecule has 1 aliphatic rings. The van der Waals surface area contributed by atoms with Gasteiger partial charge in [-0.05, 0) is 37.1 Å². The van der Waals surface area contributed by atoms with E-state index in [-0.39, 0.29) is 5.92 Å². The number of unbranched alkanes of at least 4 members (excludes halogenated alkanes) is 1. The standard InChI is InChI=1S/C22H37N3O/c1-4-23-17-20-8-10-21(11-9-20)18-25-15-13-24(14-16-25)12-6-5-7-22(26)19(2)3/h8-11,19,23H,4-7,12-18H2,1-3H3. The van der Waals surface area contributed by atoms with Crippen LogP contribution in [0.1, 0.15) is 51.2 Å². The lowest BCUT2D eigenvalue weighted by Gasteiger charge is -2.34. The summed E-state index contributed by atoms with van der Waals surface area (Å²) in [5.74, 6) is 0.599. The second-order valence-electron chi connectivity index (χ2n) is 7.79. The maximum Gasteiger partial charge on any atom is 0.135 e. The van der Waals surface area contributed by atoms with E-state index in [2.05, 4.69) is 46.3 Å². The van der Waals surface area contributed by atoms with Crippen LogP contribution in [0, 0.1) is 5.92 Å². The summed E-state index contributed by atoms with van der Waals surface area (Å²) >= 11 is 0. The molecule has 1 N–H and O–H groups in total. The first kappa shape index (κ1) is 21.1. The number of nitrogens with zero attached hydrogens (tertiary/aromatic N) is 2. The number of carbonyl (C=O) groups excluding carboxylic acids is 1. The average molecular weight is 360 g/mol. The number of benzene rings is 1. The number of carbonyl (C=O) groups is 1. The van der Waals surface area contributed by atoms with Gasteiger partial charge in [0.25, 0.3) is 0 Å². The van der Waals surface area contributed by atoms with Crippen LogP contribution in [0.25, 0.3) is 0 Å². The Morgan fingerprint density at radius 3 is 2.23 bits per heavy atom. The van der Waals surface area contributed by atoms with Crippen molar-refractivity contribution in [3.8, 4) is 0 Å². The van der Waals surface area contributed by atoms with Crippen LogP contribution >= 0.6 is 0 Å². The van der Waals surface area contributed by atoms with Gasteiger partial charge in [-0.3, -0.25) is 9.69 Å². The quantitative estimate of drug-likeness (QED) is 0.615. The zero-order valence-corrected chi connectivity index (χ0v) is 17.0. The van der Waals surface area contributed by atoms with Gasteiger partial charge in [0.1, 0.15) is 5.78 Å². The van der Waals surface area contributed by atoms with Crippen LogP contribution in [-0.2, 0) is 17.9 Å². The first-order chi connectivity index (χ1) is 12.6. The molecule has 0 aromatic heterocycles. The number of piperazine rings is 1. The number of hydrogen-bond acceptors (Lipinski definition) is 4. The van der Waals surface area contributed by atoms with Crippen molar-refractivity contribution in [3.05, 3.63) is 35.4 Å². The molecule has 0 atom stereocenters. The largest absolute Gasteiger partial charge is 0.313 e. The monoisotopic (exact) mass is 359 g/mol. The molecule has 1 aliphatic heterocycles. The zero-order chi connectivity index (χ0) is 18.8. The van der Waals surface area contributed by atoms with Crippen LogP contribution in [0.4, 0.5) is 0 Å². The van der Waals surface area contributed by atoms with E-state index in [4.69, 9.17) is 0 Å². The van der Waals surface area contributed by atoms with Crippen LogP contribution in [0.3, 0.4) is 0 Å². The highest BCUT2D eigenvalue weighted by Gasteiger charge is 2.16. The third-order valence-corrected chi connectivity index (χ3v) is 5.26. The first-order valence-corrected chi connectivity index (χ1v) is 10.3. The van der Waals surface area contributed by atoms with E-state index >= 15 is 0 Å². The molecule has 2 rings (SSSR count). The molecule has 1 fully saturated rings. The Balaban J connectivity index is 1.61. The van der Waals surface area contributed by atoms with Crippen molar-refractivity contribution in [2.45, 2.75) is 53.1 Å². The van der Waals surface area contributed by atoms with Gasteiger partial charge in [0.15, 0.2) is 0 Å². The van der Waals surface area contributed by atoms with Gasteiger partial charge in [-0.15, -0.1) is 0 Å². The summed E-state index contributed by atoms with van der Waals surface area (Å²) < 4.78 is 0. The summed E-state index contributed by atoms with van der Waals surface area (Å²) in [5, 5.41) is 3.37. The summed E-state index contributed by atoms with van der Waals surface area (Å²) in [6, 6.07) is 9.02. The molecule has 0 aliphatic carbocycles. The van der Waals surface area contributed by atoms with Crippen molar-refractivity contribution in [1.82, 2.24) is 15.1 Å². The third kappa shape index (κ3) is 7.56. The lowest BCUT2D eigenvalue weighted by atomic mass is 10.0. The van der Waals surface area contributed by atoms with Gasteiger partial charge in [-0.2, -0.15) is 0 Å². The van der Waals surface area contributed by atoms with Crippen molar-refractivity contribution in [1.29, 1.82) is 0 Å². The van der Waals surface area contributed by atoms with Crippen molar-refractivity contribution >= 4 is 5.78 Å². The van der Waals surface area contributed by atoms with E-state index in [1.54, 1.807) is 0 Å².